The second kappa shape index (κ2) is 4.87. The number of rotatable bonds is 2. The maximum Gasteiger partial charge on any atom is 0.297 e. The van der Waals surface area contributed by atoms with E-state index >= 15 is 0 Å². The first-order chi connectivity index (χ1) is 9.98. The molecule has 21 heavy (non-hydrogen) atoms. The van der Waals surface area contributed by atoms with E-state index in [9.17, 15) is 13.0 Å². The van der Waals surface area contributed by atoms with Crippen molar-refractivity contribution in [2.24, 2.45) is 0 Å². The van der Waals surface area contributed by atoms with E-state index in [-0.39, 0.29) is 10.6 Å². The van der Waals surface area contributed by atoms with E-state index in [2.05, 4.69) is 0 Å². The van der Waals surface area contributed by atoms with E-state index in [0.29, 0.717) is 16.3 Å². The van der Waals surface area contributed by atoms with Crippen LogP contribution in [0.1, 0.15) is 0 Å². The van der Waals surface area contributed by atoms with E-state index in [0.717, 1.165) is 5.56 Å². The molecule has 3 aromatic carbocycles. The SMILES string of the molecule is Nc1ccc2cccc(-c3ccccc3)c2c1S(=O)(=O)O. The maximum absolute atomic E-state index is 11.7. The van der Waals surface area contributed by atoms with E-state index in [1.54, 1.807) is 12.1 Å². The van der Waals surface area contributed by atoms with Crippen molar-refractivity contribution in [1.29, 1.82) is 0 Å². The van der Waals surface area contributed by atoms with Crippen LogP contribution in [0.15, 0.2) is 65.6 Å². The molecule has 0 atom stereocenters. The molecule has 106 valence electrons. The zero-order valence-electron chi connectivity index (χ0n) is 11.0. The van der Waals surface area contributed by atoms with Crippen LogP contribution in [0.25, 0.3) is 21.9 Å². The van der Waals surface area contributed by atoms with Crippen molar-refractivity contribution in [3.05, 3.63) is 60.7 Å². The third-order valence-electron chi connectivity index (χ3n) is 3.37. The van der Waals surface area contributed by atoms with Crippen molar-refractivity contribution in [3.63, 3.8) is 0 Å². The third-order valence-corrected chi connectivity index (χ3v) is 4.33. The summed E-state index contributed by atoms with van der Waals surface area (Å²) in [4.78, 5) is -0.237. The highest BCUT2D eigenvalue weighted by Gasteiger charge is 2.20. The third kappa shape index (κ3) is 2.37. The molecule has 0 bridgehead atoms. The summed E-state index contributed by atoms with van der Waals surface area (Å²) >= 11 is 0. The summed E-state index contributed by atoms with van der Waals surface area (Å²) in [5.41, 5.74) is 7.39. The van der Waals surface area contributed by atoms with Crippen molar-refractivity contribution in [3.8, 4) is 11.1 Å². The number of hydrogen-bond donors (Lipinski definition) is 2. The number of fused-ring (bicyclic) bond motifs is 1. The minimum Gasteiger partial charge on any atom is -0.398 e. The Labute approximate surface area is 122 Å². The van der Waals surface area contributed by atoms with Gasteiger partial charge in [-0.15, -0.1) is 0 Å². The largest absolute Gasteiger partial charge is 0.398 e. The second-order valence-electron chi connectivity index (χ2n) is 4.73. The molecule has 0 radical (unpaired) electrons. The molecule has 0 saturated carbocycles. The van der Waals surface area contributed by atoms with E-state index in [4.69, 9.17) is 5.73 Å². The molecule has 3 rings (SSSR count). The Morgan fingerprint density at radius 1 is 0.857 bits per heavy atom. The molecule has 0 fully saturated rings. The standard InChI is InChI=1S/C16H13NO3S/c17-14-10-9-12-7-4-8-13(11-5-2-1-3-6-11)15(12)16(14)21(18,19)20/h1-10H,17H2,(H,18,19,20). The van der Waals surface area contributed by atoms with Crippen LogP contribution in [0.3, 0.4) is 0 Å². The Hall–Kier alpha value is -2.37. The lowest BCUT2D eigenvalue weighted by molar-refractivity contribution is 0.484. The minimum absolute atomic E-state index is 0.0355. The molecular formula is C16H13NO3S. The van der Waals surface area contributed by atoms with Crippen LogP contribution in [-0.2, 0) is 10.1 Å². The highest BCUT2D eigenvalue weighted by Crippen LogP contribution is 2.36. The van der Waals surface area contributed by atoms with E-state index in [1.807, 2.05) is 42.5 Å². The number of nitrogens with two attached hydrogens (primary N) is 1. The predicted molar refractivity (Wildman–Crippen MR) is 83.6 cm³/mol. The van der Waals surface area contributed by atoms with Crippen LogP contribution >= 0.6 is 0 Å². The quantitative estimate of drug-likeness (QED) is 0.562. The van der Waals surface area contributed by atoms with Crippen LogP contribution in [0.4, 0.5) is 5.69 Å². The second-order valence-corrected chi connectivity index (χ2v) is 6.09. The fraction of sp³-hybridized carbons (Fsp3) is 0. The van der Waals surface area contributed by atoms with Crippen LogP contribution < -0.4 is 5.73 Å². The predicted octanol–water partition coefficient (Wildman–Crippen LogP) is 3.34. The Kier molecular flexibility index (Phi) is 3.16. The van der Waals surface area contributed by atoms with Gasteiger partial charge in [-0.1, -0.05) is 54.6 Å². The van der Waals surface area contributed by atoms with Gasteiger partial charge < -0.3 is 5.73 Å². The molecule has 0 heterocycles. The van der Waals surface area contributed by atoms with Crippen molar-refractivity contribution in [2.75, 3.05) is 5.73 Å². The van der Waals surface area contributed by atoms with Gasteiger partial charge in [0.25, 0.3) is 10.1 Å². The topological polar surface area (TPSA) is 80.4 Å². The van der Waals surface area contributed by atoms with Crippen molar-refractivity contribution >= 4 is 26.6 Å². The van der Waals surface area contributed by atoms with Crippen LogP contribution in [0.2, 0.25) is 0 Å². The molecule has 0 amide bonds. The van der Waals surface area contributed by atoms with Gasteiger partial charge in [0.05, 0.1) is 5.69 Å². The average Bonchev–Trinajstić information content (AvgIpc) is 2.46. The van der Waals surface area contributed by atoms with Crippen LogP contribution in [0.5, 0.6) is 0 Å². The Bertz CT molecular complexity index is 919. The Morgan fingerprint density at radius 2 is 1.57 bits per heavy atom. The molecule has 4 nitrogen and oxygen atoms in total. The fourth-order valence-electron chi connectivity index (χ4n) is 2.50. The number of nitrogen functional groups attached to an aromatic ring is 1. The molecule has 0 aliphatic carbocycles. The zero-order valence-corrected chi connectivity index (χ0v) is 11.8. The van der Waals surface area contributed by atoms with Gasteiger partial charge in [-0.25, -0.2) is 0 Å². The van der Waals surface area contributed by atoms with Gasteiger partial charge in [0.1, 0.15) is 4.90 Å². The molecular weight excluding hydrogens is 286 g/mol. The summed E-state index contributed by atoms with van der Waals surface area (Å²) < 4.78 is 33.0. The first-order valence-corrected chi connectivity index (χ1v) is 7.76. The minimum atomic E-state index is -4.42. The monoisotopic (exact) mass is 299 g/mol. The van der Waals surface area contributed by atoms with Crippen molar-refractivity contribution in [1.82, 2.24) is 0 Å². The number of benzene rings is 3. The lowest BCUT2D eigenvalue weighted by atomic mass is 9.98. The molecule has 0 aliphatic rings. The molecule has 3 aromatic rings. The van der Waals surface area contributed by atoms with Gasteiger partial charge in [0.15, 0.2) is 0 Å². The van der Waals surface area contributed by atoms with Gasteiger partial charge >= 0.3 is 0 Å². The first-order valence-electron chi connectivity index (χ1n) is 6.32. The van der Waals surface area contributed by atoms with E-state index < -0.39 is 10.1 Å². The molecule has 0 aromatic heterocycles. The van der Waals surface area contributed by atoms with Gasteiger partial charge in [0.2, 0.25) is 0 Å². The zero-order chi connectivity index (χ0) is 15.0. The lowest BCUT2D eigenvalue weighted by Gasteiger charge is -2.12. The molecule has 0 spiro atoms. The highest BCUT2D eigenvalue weighted by molar-refractivity contribution is 7.86. The summed E-state index contributed by atoms with van der Waals surface area (Å²) in [5, 5.41) is 1.14. The van der Waals surface area contributed by atoms with Crippen molar-refractivity contribution in [2.45, 2.75) is 4.90 Å². The number of hydrogen-bond acceptors (Lipinski definition) is 3. The Balaban J connectivity index is 2.51. The molecule has 0 aliphatic heterocycles. The maximum atomic E-state index is 11.7. The van der Waals surface area contributed by atoms with Crippen molar-refractivity contribution < 1.29 is 13.0 Å². The number of anilines is 1. The smallest absolute Gasteiger partial charge is 0.297 e. The van der Waals surface area contributed by atoms with Gasteiger partial charge in [0, 0.05) is 5.39 Å². The van der Waals surface area contributed by atoms with Gasteiger partial charge in [-0.05, 0) is 22.6 Å². The molecule has 0 unspecified atom stereocenters. The molecule has 0 saturated heterocycles. The fourth-order valence-corrected chi connectivity index (χ4v) is 3.35. The summed E-state index contributed by atoms with van der Waals surface area (Å²) in [7, 11) is -4.42. The summed E-state index contributed by atoms with van der Waals surface area (Å²) in [6, 6.07) is 18.0. The molecule has 5 heteroatoms. The van der Waals surface area contributed by atoms with E-state index in [1.165, 1.54) is 6.07 Å². The highest BCUT2D eigenvalue weighted by atomic mass is 32.2. The summed E-state index contributed by atoms with van der Waals surface area (Å²) in [6.45, 7) is 0. The Morgan fingerprint density at radius 3 is 2.24 bits per heavy atom. The lowest BCUT2D eigenvalue weighted by Crippen LogP contribution is -2.04. The first kappa shape index (κ1) is 13.6. The summed E-state index contributed by atoms with van der Waals surface area (Å²) in [5.74, 6) is 0. The summed E-state index contributed by atoms with van der Waals surface area (Å²) in [6.07, 6.45) is 0. The molecule has 3 N–H and O–H groups in total. The normalized spacial score (nSPS) is 11.7. The van der Waals surface area contributed by atoms with Crippen LogP contribution in [-0.4, -0.2) is 13.0 Å². The van der Waals surface area contributed by atoms with Crippen LogP contribution in [0, 0.1) is 0 Å². The van der Waals surface area contributed by atoms with Gasteiger partial charge in [-0.3, -0.25) is 4.55 Å². The average molecular weight is 299 g/mol. The van der Waals surface area contributed by atoms with Gasteiger partial charge in [-0.2, -0.15) is 8.42 Å².